The highest BCUT2D eigenvalue weighted by Gasteiger charge is 2.09. The first-order valence-corrected chi connectivity index (χ1v) is 8.50. The fourth-order valence-electron chi connectivity index (χ4n) is 2.88. The molecule has 4 nitrogen and oxygen atoms in total. The summed E-state index contributed by atoms with van der Waals surface area (Å²) in [5.41, 5.74) is 3.27. The van der Waals surface area contributed by atoms with Crippen LogP contribution in [0.5, 0.6) is 5.75 Å². The molecular formula is C20H24N2O2. The molecule has 0 aliphatic carbocycles. The van der Waals surface area contributed by atoms with Crippen LogP contribution in [0.1, 0.15) is 37.6 Å². The third-order valence-electron chi connectivity index (χ3n) is 4.52. The average Bonchev–Trinajstić information content (AvgIpc) is 2.99. The quantitative estimate of drug-likeness (QED) is 0.711. The molecule has 0 radical (unpaired) electrons. The molecular weight excluding hydrogens is 300 g/mol. The third kappa shape index (κ3) is 3.44. The van der Waals surface area contributed by atoms with Gasteiger partial charge in [0.05, 0.1) is 17.6 Å². The molecule has 3 aromatic rings. The zero-order valence-corrected chi connectivity index (χ0v) is 14.3. The topological polar surface area (TPSA) is 47.3 Å². The van der Waals surface area contributed by atoms with E-state index in [0.717, 1.165) is 23.2 Å². The summed E-state index contributed by atoms with van der Waals surface area (Å²) < 4.78 is 7.88. The molecule has 2 aromatic carbocycles. The molecule has 126 valence electrons. The van der Waals surface area contributed by atoms with E-state index in [2.05, 4.69) is 31.0 Å². The van der Waals surface area contributed by atoms with Crippen molar-refractivity contribution in [3.63, 3.8) is 0 Å². The molecule has 1 heterocycles. The SMILES string of the molecule is CC[C@H](C)c1ccc(OCCn2c(CO)nc3ccccc32)cc1. The van der Waals surface area contributed by atoms with Crippen LogP contribution in [0.15, 0.2) is 48.5 Å². The molecule has 3 rings (SSSR count). The molecule has 1 aromatic heterocycles. The first kappa shape index (κ1) is 16.5. The van der Waals surface area contributed by atoms with E-state index in [-0.39, 0.29) is 6.61 Å². The van der Waals surface area contributed by atoms with Crippen molar-refractivity contribution >= 4 is 11.0 Å². The van der Waals surface area contributed by atoms with Gasteiger partial charge in [0.2, 0.25) is 0 Å². The molecule has 4 heteroatoms. The van der Waals surface area contributed by atoms with E-state index >= 15 is 0 Å². The molecule has 0 unspecified atom stereocenters. The van der Waals surface area contributed by atoms with E-state index in [1.165, 1.54) is 5.56 Å². The summed E-state index contributed by atoms with van der Waals surface area (Å²) in [5, 5.41) is 9.52. The molecule has 0 saturated carbocycles. The Bertz CT molecular complexity index is 793. The summed E-state index contributed by atoms with van der Waals surface area (Å²) in [6, 6.07) is 16.2. The van der Waals surface area contributed by atoms with Crippen LogP contribution in [0.3, 0.4) is 0 Å². The predicted molar refractivity (Wildman–Crippen MR) is 96.3 cm³/mol. The first-order chi connectivity index (χ1) is 11.7. The van der Waals surface area contributed by atoms with Crippen LogP contribution >= 0.6 is 0 Å². The fraction of sp³-hybridized carbons (Fsp3) is 0.350. The van der Waals surface area contributed by atoms with Gasteiger partial charge in [0.1, 0.15) is 24.8 Å². The van der Waals surface area contributed by atoms with Crippen LogP contribution in [-0.4, -0.2) is 21.3 Å². The normalized spacial score (nSPS) is 12.5. The third-order valence-corrected chi connectivity index (χ3v) is 4.52. The van der Waals surface area contributed by atoms with E-state index in [4.69, 9.17) is 4.74 Å². The molecule has 1 N–H and O–H groups in total. The van der Waals surface area contributed by atoms with Crippen molar-refractivity contribution in [3.8, 4) is 5.75 Å². The summed E-state index contributed by atoms with van der Waals surface area (Å²) in [6.45, 7) is 5.55. The summed E-state index contributed by atoms with van der Waals surface area (Å²) in [6.07, 6.45) is 1.14. The van der Waals surface area contributed by atoms with Crippen molar-refractivity contribution in [2.24, 2.45) is 0 Å². The van der Waals surface area contributed by atoms with Gasteiger partial charge in [0, 0.05) is 0 Å². The smallest absolute Gasteiger partial charge is 0.135 e. The lowest BCUT2D eigenvalue weighted by Gasteiger charge is -2.12. The lowest BCUT2D eigenvalue weighted by molar-refractivity contribution is 0.255. The molecule has 0 bridgehead atoms. The van der Waals surface area contributed by atoms with E-state index < -0.39 is 0 Å². The van der Waals surface area contributed by atoms with Crippen LogP contribution in [0, 0.1) is 0 Å². The van der Waals surface area contributed by atoms with Crippen molar-refractivity contribution in [2.75, 3.05) is 6.61 Å². The van der Waals surface area contributed by atoms with Crippen LogP contribution in [0.25, 0.3) is 11.0 Å². The minimum Gasteiger partial charge on any atom is -0.492 e. The predicted octanol–water partition coefficient (Wildman–Crippen LogP) is 4.12. The van der Waals surface area contributed by atoms with Crippen LogP contribution in [-0.2, 0) is 13.2 Å². The number of aromatic nitrogens is 2. The second kappa shape index (κ2) is 7.49. The Balaban J connectivity index is 1.66. The van der Waals surface area contributed by atoms with Gasteiger partial charge in [-0.2, -0.15) is 0 Å². The van der Waals surface area contributed by atoms with Crippen LogP contribution < -0.4 is 4.74 Å². The maximum absolute atomic E-state index is 9.52. The number of hydrogen-bond acceptors (Lipinski definition) is 3. The Hall–Kier alpha value is -2.33. The number of imidazole rings is 1. The minimum absolute atomic E-state index is 0.0711. The van der Waals surface area contributed by atoms with Crippen LogP contribution in [0.2, 0.25) is 0 Å². The fourth-order valence-corrected chi connectivity index (χ4v) is 2.88. The Kier molecular flexibility index (Phi) is 5.16. The number of aliphatic hydroxyl groups is 1. The van der Waals surface area contributed by atoms with E-state index in [9.17, 15) is 5.11 Å². The van der Waals surface area contributed by atoms with Gasteiger partial charge in [0.25, 0.3) is 0 Å². The molecule has 0 saturated heterocycles. The highest BCUT2D eigenvalue weighted by molar-refractivity contribution is 5.75. The Morgan fingerprint density at radius 3 is 2.58 bits per heavy atom. The van der Waals surface area contributed by atoms with Crippen molar-refractivity contribution in [2.45, 2.75) is 39.3 Å². The van der Waals surface area contributed by atoms with E-state index in [1.54, 1.807) is 0 Å². The van der Waals surface area contributed by atoms with Gasteiger partial charge in [0.15, 0.2) is 0 Å². The van der Waals surface area contributed by atoms with Crippen molar-refractivity contribution in [1.82, 2.24) is 9.55 Å². The summed E-state index contributed by atoms with van der Waals surface area (Å²) in [7, 11) is 0. The Morgan fingerprint density at radius 2 is 1.88 bits per heavy atom. The zero-order chi connectivity index (χ0) is 16.9. The number of aliphatic hydroxyl groups excluding tert-OH is 1. The second-order valence-corrected chi connectivity index (χ2v) is 6.05. The lowest BCUT2D eigenvalue weighted by Crippen LogP contribution is -2.11. The molecule has 1 atom stereocenters. The van der Waals surface area contributed by atoms with Crippen molar-refractivity contribution in [1.29, 1.82) is 0 Å². The number of nitrogens with zero attached hydrogens (tertiary/aromatic N) is 2. The van der Waals surface area contributed by atoms with Crippen LogP contribution in [0.4, 0.5) is 0 Å². The van der Waals surface area contributed by atoms with Gasteiger partial charge in [-0.05, 0) is 42.2 Å². The van der Waals surface area contributed by atoms with E-state index in [1.807, 2.05) is 41.0 Å². The highest BCUT2D eigenvalue weighted by Crippen LogP contribution is 2.22. The summed E-state index contributed by atoms with van der Waals surface area (Å²) in [5.74, 6) is 2.12. The van der Waals surface area contributed by atoms with Gasteiger partial charge in [-0.1, -0.05) is 38.1 Å². The number of para-hydroxylation sites is 2. The highest BCUT2D eigenvalue weighted by atomic mass is 16.5. The molecule has 24 heavy (non-hydrogen) atoms. The maximum Gasteiger partial charge on any atom is 0.135 e. The van der Waals surface area contributed by atoms with Gasteiger partial charge < -0.3 is 14.4 Å². The standard InChI is InChI=1S/C20H24N2O2/c1-3-15(2)16-8-10-17(11-9-16)24-13-12-22-19-7-5-4-6-18(19)21-20(22)14-23/h4-11,15,23H,3,12-14H2,1-2H3/t15-/m0/s1. The first-order valence-electron chi connectivity index (χ1n) is 8.50. The largest absolute Gasteiger partial charge is 0.492 e. The molecule has 0 spiro atoms. The minimum atomic E-state index is -0.0711. The van der Waals surface area contributed by atoms with Gasteiger partial charge >= 0.3 is 0 Å². The average molecular weight is 324 g/mol. The number of fused-ring (bicyclic) bond motifs is 1. The Morgan fingerprint density at radius 1 is 1.12 bits per heavy atom. The second-order valence-electron chi connectivity index (χ2n) is 6.05. The number of benzene rings is 2. The number of rotatable bonds is 7. The van der Waals surface area contributed by atoms with Gasteiger partial charge in [-0.3, -0.25) is 0 Å². The number of ether oxygens (including phenoxy) is 1. The monoisotopic (exact) mass is 324 g/mol. The molecule has 0 aliphatic heterocycles. The molecule has 0 aliphatic rings. The molecule has 0 fully saturated rings. The zero-order valence-electron chi connectivity index (χ0n) is 14.3. The summed E-state index contributed by atoms with van der Waals surface area (Å²) in [4.78, 5) is 4.45. The van der Waals surface area contributed by atoms with Crippen molar-refractivity contribution < 1.29 is 9.84 Å². The van der Waals surface area contributed by atoms with Gasteiger partial charge in [-0.15, -0.1) is 0 Å². The van der Waals surface area contributed by atoms with Gasteiger partial charge in [-0.25, -0.2) is 4.98 Å². The Labute approximate surface area is 142 Å². The molecule has 0 amide bonds. The number of hydrogen-bond donors (Lipinski definition) is 1. The summed E-state index contributed by atoms with van der Waals surface area (Å²) >= 11 is 0. The maximum atomic E-state index is 9.52. The van der Waals surface area contributed by atoms with E-state index in [0.29, 0.717) is 24.9 Å². The van der Waals surface area contributed by atoms with Crippen molar-refractivity contribution in [3.05, 3.63) is 59.9 Å². The lowest BCUT2D eigenvalue weighted by atomic mass is 9.99.